The van der Waals surface area contributed by atoms with E-state index in [1.54, 1.807) is 12.1 Å². The van der Waals surface area contributed by atoms with E-state index in [0.29, 0.717) is 26.4 Å². The first-order valence-electron chi connectivity index (χ1n) is 7.21. The molecular formula is C16H14Br2N2O3S. The van der Waals surface area contributed by atoms with Crippen LogP contribution in [0.1, 0.15) is 37.6 Å². The summed E-state index contributed by atoms with van der Waals surface area (Å²) in [5, 5.41) is 3.33. The van der Waals surface area contributed by atoms with Crippen molar-refractivity contribution in [3.8, 4) is 5.75 Å². The minimum atomic E-state index is -0.507. The molecule has 8 heteroatoms. The smallest absolute Gasteiger partial charge is 0.260 e. The van der Waals surface area contributed by atoms with Crippen LogP contribution in [-0.2, 0) is 12.8 Å². The normalized spacial score (nSPS) is 12.8. The monoisotopic (exact) mass is 472 g/mol. The second kappa shape index (κ2) is 6.85. The van der Waals surface area contributed by atoms with Crippen molar-refractivity contribution in [1.29, 1.82) is 0 Å². The maximum atomic E-state index is 12.7. The Morgan fingerprint density at radius 2 is 2.04 bits per heavy atom. The van der Waals surface area contributed by atoms with Crippen molar-refractivity contribution in [2.24, 2.45) is 5.73 Å². The summed E-state index contributed by atoms with van der Waals surface area (Å²) in [7, 11) is 1.50. The Morgan fingerprint density at radius 1 is 1.29 bits per heavy atom. The van der Waals surface area contributed by atoms with Gasteiger partial charge in [-0.1, -0.05) is 15.9 Å². The molecule has 0 bridgehead atoms. The minimum Gasteiger partial charge on any atom is -0.495 e. The van der Waals surface area contributed by atoms with Crippen molar-refractivity contribution in [1.82, 2.24) is 0 Å². The van der Waals surface area contributed by atoms with E-state index in [1.807, 2.05) is 0 Å². The third-order valence-electron chi connectivity index (χ3n) is 3.85. The van der Waals surface area contributed by atoms with Crippen LogP contribution in [-0.4, -0.2) is 18.9 Å². The number of benzene rings is 1. The second-order valence-electron chi connectivity index (χ2n) is 5.35. The van der Waals surface area contributed by atoms with Crippen molar-refractivity contribution in [2.75, 3.05) is 12.4 Å². The highest BCUT2D eigenvalue weighted by Crippen LogP contribution is 2.40. The zero-order chi connectivity index (χ0) is 17.4. The van der Waals surface area contributed by atoms with Crippen LogP contribution in [0.15, 0.2) is 21.1 Å². The average molecular weight is 474 g/mol. The number of aryl methyl sites for hydroxylation is 1. The van der Waals surface area contributed by atoms with E-state index < -0.39 is 5.91 Å². The molecule has 0 radical (unpaired) electrons. The van der Waals surface area contributed by atoms with E-state index >= 15 is 0 Å². The molecule has 24 heavy (non-hydrogen) atoms. The van der Waals surface area contributed by atoms with Crippen molar-refractivity contribution >= 4 is 60.0 Å². The highest BCUT2D eigenvalue weighted by Gasteiger charge is 2.27. The van der Waals surface area contributed by atoms with Crippen LogP contribution >= 0.6 is 43.2 Å². The Balaban J connectivity index is 1.99. The Labute approximate surface area is 159 Å². The number of ether oxygens (including phenoxy) is 1. The number of rotatable bonds is 4. The van der Waals surface area contributed by atoms with Gasteiger partial charge in [0.15, 0.2) is 0 Å². The first-order valence-corrected chi connectivity index (χ1v) is 9.61. The molecule has 1 aromatic carbocycles. The number of nitrogens with one attached hydrogen (secondary N) is 1. The minimum absolute atomic E-state index is 0.351. The molecule has 1 aromatic heterocycles. The van der Waals surface area contributed by atoms with Crippen LogP contribution in [0.4, 0.5) is 5.00 Å². The van der Waals surface area contributed by atoms with Crippen molar-refractivity contribution in [3.05, 3.63) is 42.6 Å². The molecule has 2 aromatic rings. The molecule has 0 fully saturated rings. The first kappa shape index (κ1) is 17.4. The summed E-state index contributed by atoms with van der Waals surface area (Å²) in [5.41, 5.74) is 7.31. The summed E-state index contributed by atoms with van der Waals surface area (Å²) < 4.78 is 6.71. The lowest BCUT2D eigenvalue weighted by Gasteiger charge is -2.12. The van der Waals surface area contributed by atoms with Crippen LogP contribution in [0.5, 0.6) is 5.75 Å². The van der Waals surface area contributed by atoms with E-state index in [-0.39, 0.29) is 5.91 Å². The molecule has 1 heterocycles. The van der Waals surface area contributed by atoms with E-state index in [9.17, 15) is 9.59 Å². The number of halogens is 2. The van der Waals surface area contributed by atoms with Crippen LogP contribution in [0.25, 0.3) is 0 Å². The zero-order valence-corrected chi connectivity index (χ0v) is 16.7. The molecule has 0 aliphatic heterocycles. The predicted octanol–water partition coefficient (Wildman–Crippen LogP) is 4.12. The predicted molar refractivity (Wildman–Crippen MR) is 101 cm³/mol. The molecule has 1 aliphatic rings. The van der Waals surface area contributed by atoms with Crippen molar-refractivity contribution in [3.63, 3.8) is 0 Å². The molecule has 0 atom stereocenters. The number of nitrogens with two attached hydrogens (primary N) is 1. The number of fused-ring (bicyclic) bond motifs is 1. The fourth-order valence-electron chi connectivity index (χ4n) is 2.86. The fraction of sp³-hybridized carbons (Fsp3) is 0.250. The fourth-order valence-corrected chi connectivity index (χ4v) is 5.54. The number of carbonyl (C=O) groups excluding carboxylic acids is 2. The van der Waals surface area contributed by atoms with Crippen molar-refractivity contribution < 1.29 is 14.3 Å². The van der Waals surface area contributed by atoms with Crippen LogP contribution < -0.4 is 15.8 Å². The van der Waals surface area contributed by atoms with Gasteiger partial charge in [0.25, 0.3) is 11.8 Å². The number of primary amides is 1. The van der Waals surface area contributed by atoms with Gasteiger partial charge >= 0.3 is 0 Å². The van der Waals surface area contributed by atoms with Gasteiger partial charge in [-0.3, -0.25) is 9.59 Å². The maximum Gasteiger partial charge on any atom is 0.260 e. The quantitative estimate of drug-likeness (QED) is 0.700. The maximum absolute atomic E-state index is 12.7. The number of amides is 2. The molecule has 0 spiro atoms. The van der Waals surface area contributed by atoms with Gasteiger partial charge in [-0.15, -0.1) is 11.3 Å². The lowest BCUT2D eigenvalue weighted by Crippen LogP contribution is -2.18. The van der Waals surface area contributed by atoms with Gasteiger partial charge in [0.1, 0.15) is 10.8 Å². The van der Waals surface area contributed by atoms with E-state index in [4.69, 9.17) is 10.5 Å². The van der Waals surface area contributed by atoms with Gasteiger partial charge in [0, 0.05) is 9.35 Å². The van der Waals surface area contributed by atoms with Gasteiger partial charge in [-0.25, -0.2) is 0 Å². The molecule has 2 amide bonds. The zero-order valence-electron chi connectivity index (χ0n) is 12.7. The second-order valence-corrected chi connectivity index (χ2v) is 8.22. The number of carbonyl (C=O) groups is 2. The summed E-state index contributed by atoms with van der Waals surface area (Å²) in [5.74, 6) is -0.427. The summed E-state index contributed by atoms with van der Waals surface area (Å²) in [6, 6.07) is 3.47. The Hall–Kier alpha value is -1.38. The lowest BCUT2D eigenvalue weighted by molar-refractivity contribution is 0.100. The highest BCUT2D eigenvalue weighted by atomic mass is 79.9. The summed E-state index contributed by atoms with van der Waals surface area (Å²) in [6.07, 6.45) is 2.76. The lowest BCUT2D eigenvalue weighted by atomic mass is 10.1. The molecule has 3 rings (SSSR count). The average Bonchev–Trinajstić information content (AvgIpc) is 3.06. The summed E-state index contributed by atoms with van der Waals surface area (Å²) in [6.45, 7) is 0. The van der Waals surface area contributed by atoms with E-state index in [2.05, 4.69) is 37.2 Å². The molecule has 126 valence electrons. The third kappa shape index (κ3) is 3.10. The Bertz CT molecular complexity index is 848. The van der Waals surface area contributed by atoms with Gasteiger partial charge in [0.2, 0.25) is 0 Å². The van der Waals surface area contributed by atoms with Gasteiger partial charge in [-0.2, -0.15) is 0 Å². The molecular weight excluding hydrogens is 460 g/mol. The SMILES string of the molecule is COc1c(Br)cc(Br)cc1C(=O)Nc1sc2c(c1C(N)=O)CCC2. The van der Waals surface area contributed by atoms with Gasteiger partial charge in [0.05, 0.1) is 22.7 Å². The van der Waals surface area contributed by atoms with E-state index in [0.717, 1.165) is 34.2 Å². The number of thiophene rings is 1. The number of hydrogen-bond donors (Lipinski definition) is 2. The van der Waals surface area contributed by atoms with E-state index in [1.165, 1.54) is 18.4 Å². The molecule has 3 N–H and O–H groups in total. The summed E-state index contributed by atoms with van der Waals surface area (Å²) in [4.78, 5) is 25.7. The number of anilines is 1. The third-order valence-corrected chi connectivity index (χ3v) is 6.11. The topological polar surface area (TPSA) is 81.4 Å². The number of hydrogen-bond acceptors (Lipinski definition) is 4. The summed E-state index contributed by atoms with van der Waals surface area (Å²) >= 11 is 8.17. The Morgan fingerprint density at radius 3 is 2.71 bits per heavy atom. The first-order chi connectivity index (χ1) is 11.4. The largest absolute Gasteiger partial charge is 0.495 e. The molecule has 0 saturated carbocycles. The molecule has 1 aliphatic carbocycles. The molecule has 5 nitrogen and oxygen atoms in total. The van der Waals surface area contributed by atoms with Gasteiger partial charge in [-0.05, 0) is 52.9 Å². The molecule has 0 unspecified atom stereocenters. The molecule has 0 saturated heterocycles. The standard InChI is InChI=1S/C16H14Br2N2O3S/c1-23-13-9(5-7(17)6-10(13)18)15(22)20-16-12(14(19)21)8-3-2-4-11(8)24-16/h5-6H,2-4H2,1H3,(H2,19,21)(H,20,22). The van der Waals surface area contributed by atoms with Crippen LogP contribution in [0, 0.1) is 0 Å². The van der Waals surface area contributed by atoms with Crippen molar-refractivity contribution in [2.45, 2.75) is 19.3 Å². The van der Waals surface area contributed by atoms with Crippen LogP contribution in [0.3, 0.4) is 0 Å². The van der Waals surface area contributed by atoms with Gasteiger partial charge < -0.3 is 15.8 Å². The Kier molecular flexibility index (Phi) is 4.98. The highest BCUT2D eigenvalue weighted by molar-refractivity contribution is 9.11. The number of methoxy groups -OCH3 is 1. The van der Waals surface area contributed by atoms with Crippen LogP contribution in [0.2, 0.25) is 0 Å².